The van der Waals surface area contributed by atoms with Crippen molar-refractivity contribution in [3.05, 3.63) is 32.5 Å². The van der Waals surface area contributed by atoms with E-state index < -0.39 is 33.9 Å². The van der Waals surface area contributed by atoms with E-state index in [1.807, 2.05) is 0 Å². The van der Waals surface area contributed by atoms with Crippen LogP contribution < -0.4 is 5.56 Å². The maximum atomic E-state index is 12.2. The summed E-state index contributed by atoms with van der Waals surface area (Å²) >= 11 is 0. The summed E-state index contributed by atoms with van der Waals surface area (Å²) in [5, 5.41) is 12.0. The van der Waals surface area contributed by atoms with Crippen molar-refractivity contribution in [2.24, 2.45) is 0 Å². The Hall–Kier alpha value is -2.46. The first-order chi connectivity index (χ1) is 7.80. The van der Waals surface area contributed by atoms with Gasteiger partial charge in [0, 0.05) is 0 Å². The Balaban J connectivity index is 2.75. The Morgan fingerprint density at radius 3 is 2.65 bits per heavy atom. The lowest BCUT2D eigenvalue weighted by atomic mass is 10.5. The fourth-order valence-corrected chi connectivity index (χ4v) is 1.10. The molecular weight excluding hydrogens is 247 g/mol. The van der Waals surface area contributed by atoms with Gasteiger partial charge in [-0.1, -0.05) is 0 Å². The molecule has 0 amide bonds. The number of nitro groups is 1. The number of fused-ring (bicyclic) bond motifs is 1. The summed E-state index contributed by atoms with van der Waals surface area (Å²) in [6.45, 7) is 0. The average molecular weight is 249 g/mol. The van der Waals surface area contributed by atoms with E-state index in [0.717, 1.165) is 0 Å². The number of aromatic amines is 1. The number of H-pyrrole nitrogens is 1. The van der Waals surface area contributed by atoms with Crippen LogP contribution >= 0.6 is 0 Å². The van der Waals surface area contributed by atoms with Crippen LogP contribution in [0.25, 0.3) is 5.78 Å². The van der Waals surface area contributed by atoms with Crippen molar-refractivity contribution >= 4 is 11.5 Å². The lowest BCUT2D eigenvalue weighted by molar-refractivity contribution is -0.386. The van der Waals surface area contributed by atoms with Crippen molar-refractivity contribution in [1.82, 2.24) is 19.6 Å². The summed E-state index contributed by atoms with van der Waals surface area (Å²) < 4.78 is 37.0. The van der Waals surface area contributed by atoms with E-state index in [4.69, 9.17) is 0 Å². The van der Waals surface area contributed by atoms with Crippen LogP contribution in [0.2, 0.25) is 0 Å². The highest BCUT2D eigenvalue weighted by molar-refractivity contribution is 5.33. The van der Waals surface area contributed by atoms with Crippen molar-refractivity contribution in [2.75, 3.05) is 0 Å². The summed E-state index contributed by atoms with van der Waals surface area (Å²) in [7, 11) is 0. The summed E-state index contributed by atoms with van der Waals surface area (Å²) in [4.78, 5) is 26.9. The van der Waals surface area contributed by atoms with E-state index in [2.05, 4.69) is 9.97 Å². The molecule has 0 unspecified atom stereocenters. The number of nitrogens with one attached hydrogen (secondary N) is 1. The smallest absolute Gasteiger partial charge is 0.267 e. The zero-order chi connectivity index (χ0) is 12.8. The van der Waals surface area contributed by atoms with E-state index >= 15 is 0 Å². The zero-order valence-corrected chi connectivity index (χ0v) is 7.72. The molecule has 0 fully saturated rings. The molecule has 2 aromatic heterocycles. The van der Waals surface area contributed by atoms with Gasteiger partial charge in [0.15, 0.2) is 0 Å². The van der Waals surface area contributed by atoms with Gasteiger partial charge in [0.2, 0.25) is 5.82 Å². The van der Waals surface area contributed by atoms with Crippen LogP contribution in [0.3, 0.4) is 0 Å². The predicted molar refractivity (Wildman–Crippen MR) is 45.3 cm³/mol. The standard InChI is InChI=1S/C6H2F3N5O3/c7-6(8,9)4-11-5-10-1-2(14(16)17)3(15)13(5)12-4/h1H,(H,10,11,12). The van der Waals surface area contributed by atoms with E-state index in [1.165, 1.54) is 0 Å². The molecule has 0 atom stereocenters. The van der Waals surface area contributed by atoms with Gasteiger partial charge < -0.3 is 0 Å². The number of alkyl halides is 3. The van der Waals surface area contributed by atoms with Gasteiger partial charge in [0.25, 0.3) is 5.78 Å². The minimum atomic E-state index is -4.80. The zero-order valence-electron chi connectivity index (χ0n) is 7.72. The summed E-state index contributed by atoms with van der Waals surface area (Å²) in [6.07, 6.45) is -4.24. The van der Waals surface area contributed by atoms with Crippen LogP contribution in [0.4, 0.5) is 18.9 Å². The fraction of sp³-hybridized carbons (Fsp3) is 0.167. The lowest BCUT2D eigenvalue weighted by Gasteiger charge is -1.98. The van der Waals surface area contributed by atoms with Crippen molar-refractivity contribution in [3.63, 3.8) is 0 Å². The molecule has 2 heterocycles. The van der Waals surface area contributed by atoms with Gasteiger partial charge in [-0.05, 0) is 0 Å². The average Bonchev–Trinajstić information content (AvgIpc) is 2.61. The molecule has 0 saturated carbocycles. The van der Waals surface area contributed by atoms with Crippen molar-refractivity contribution in [3.8, 4) is 0 Å². The van der Waals surface area contributed by atoms with Crippen molar-refractivity contribution in [2.45, 2.75) is 6.18 Å². The van der Waals surface area contributed by atoms with Gasteiger partial charge in [-0.3, -0.25) is 20.0 Å². The van der Waals surface area contributed by atoms with Gasteiger partial charge >= 0.3 is 17.4 Å². The molecule has 2 rings (SSSR count). The molecule has 2 aromatic rings. The number of nitrogens with zero attached hydrogens (tertiary/aromatic N) is 4. The Morgan fingerprint density at radius 2 is 2.12 bits per heavy atom. The molecule has 1 N–H and O–H groups in total. The second kappa shape index (κ2) is 3.26. The quantitative estimate of drug-likeness (QED) is 0.579. The topological polar surface area (TPSA) is 106 Å². The van der Waals surface area contributed by atoms with E-state index in [1.54, 1.807) is 5.10 Å². The predicted octanol–water partition coefficient (Wildman–Crippen LogP) is 0.345. The van der Waals surface area contributed by atoms with Gasteiger partial charge in [0.05, 0.1) is 4.92 Å². The highest BCUT2D eigenvalue weighted by atomic mass is 19.4. The van der Waals surface area contributed by atoms with Crippen LogP contribution in [0, 0.1) is 10.1 Å². The van der Waals surface area contributed by atoms with E-state index in [-0.39, 0.29) is 4.52 Å². The second-order valence-electron chi connectivity index (χ2n) is 2.91. The molecule has 0 aliphatic heterocycles. The van der Waals surface area contributed by atoms with E-state index in [0.29, 0.717) is 6.20 Å². The Bertz CT molecular complexity index is 657. The molecular formula is C6H2F3N5O3. The van der Waals surface area contributed by atoms with Crippen LogP contribution in [0.15, 0.2) is 11.0 Å². The molecule has 17 heavy (non-hydrogen) atoms. The highest BCUT2D eigenvalue weighted by Crippen LogP contribution is 2.25. The number of halogens is 3. The maximum Gasteiger partial charge on any atom is 0.451 e. The maximum absolute atomic E-state index is 12.2. The van der Waals surface area contributed by atoms with Gasteiger partial charge in [0.1, 0.15) is 6.20 Å². The summed E-state index contributed by atoms with van der Waals surface area (Å²) in [5.41, 5.74) is -2.21. The monoisotopic (exact) mass is 249 g/mol. The van der Waals surface area contributed by atoms with E-state index in [9.17, 15) is 28.1 Å². The molecule has 0 radical (unpaired) electrons. The molecule has 8 nitrogen and oxygen atoms in total. The Kier molecular flexibility index (Phi) is 2.12. The lowest BCUT2D eigenvalue weighted by Crippen LogP contribution is -2.19. The fourth-order valence-electron chi connectivity index (χ4n) is 1.10. The minimum absolute atomic E-state index is 0.265. The third-order valence-corrected chi connectivity index (χ3v) is 1.82. The van der Waals surface area contributed by atoms with Gasteiger partial charge in [-0.2, -0.15) is 22.7 Å². The third-order valence-electron chi connectivity index (χ3n) is 1.82. The van der Waals surface area contributed by atoms with Crippen LogP contribution in [-0.4, -0.2) is 24.5 Å². The first kappa shape index (κ1) is 11.0. The molecule has 0 aromatic carbocycles. The SMILES string of the molecule is O=c1c([N+](=O)[O-])cnc2nc(C(F)(F)F)[nH]n12. The first-order valence-electron chi connectivity index (χ1n) is 4.00. The molecule has 0 spiro atoms. The van der Waals surface area contributed by atoms with Crippen LogP contribution in [-0.2, 0) is 6.18 Å². The number of aromatic nitrogens is 4. The third kappa shape index (κ3) is 1.70. The normalized spacial score (nSPS) is 11.9. The Labute approximate surface area is 88.9 Å². The van der Waals surface area contributed by atoms with Gasteiger partial charge in [-0.15, -0.1) is 0 Å². The molecule has 0 saturated heterocycles. The first-order valence-corrected chi connectivity index (χ1v) is 4.00. The molecule has 0 bridgehead atoms. The number of hydrogen-bond acceptors (Lipinski definition) is 5. The molecule has 0 aliphatic carbocycles. The summed E-state index contributed by atoms with van der Waals surface area (Å²) in [6, 6.07) is 0. The largest absolute Gasteiger partial charge is 0.451 e. The summed E-state index contributed by atoms with van der Waals surface area (Å²) in [5.74, 6) is -2.05. The van der Waals surface area contributed by atoms with Crippen molar-refractivity contribution < 1.29 is 18.1 Å². The highest BCUT2D eigenvalue weighted by Gasteiger charge is 2.36. The number of rotatable bonds is 1. The second-order valence-corrected chi connectivity index (χ2v) is 2.91. The van der Waals surface area contributed by atoms with Gasteiger partial charge in [-0.25, -0.2) is 4.98 Å². The minimum Gasteiger partial charge on any atom is -0.267 e. The molecule has 11 heteroatoms. The Morgan fingerprint density at radius 1 is 1.47 bits per heavy atom. The van der Waals surface area contributed by atoms with Crippen molar-refractivity contribution in [1.29, 1.82) is 0 Å². The number of hydrogen-bond donors (Lipinski definition) is 1. The van der Waals surface area contributed by atoms with Crippen LogP contribution in [0.1, 0.15) is 5.82 Å². The van der Waals surface area contributed by atoms with Crippen LogP contribution in [0.5, 0.6) is 0 Å². The molecule has 0 aliphatic rings. The molecule has 90 valence electrons.